The van der Waals surface area contributed by atoms with Gasteiger partial charge < -0.3 is 9.15 Å². The molecule has 0 spiro atoms. The van der Waals surface area contributed by atoms with Crippen molar-refractivity contribution in [2.75, 3.05) is 11.4 Å². The van der Waals surface area contributed by atoms with Gasteiger partial charge in [-0.3, -0.25) is 9.69 Å². The van der Waals surface area contributed by atoms with E-state index in [1.807, 2.05) is 18.2 Å². The highest BCUT2D eigenvalue weighted by atomic mass is 16.5. The molecular weight excluding hydrogens is 292 g/mol. The molecule has 0 N–H and O–H groups in total. The second kappa shape index (κ2) is 5.43. The van der Waals surface area contributed by atoms with E-state index in [0.717, 1.165) is 24.2 Å². The van der Waals surface area contributed by atoms with Crippen molar-refractivity contribution >= 4 is 28.8 Å². The van der Waals surface area contributed by atoms with Crippen LogP contribution in [0.2, 0.25) is 0 Å². The Balaban J connectivity index is 1.68. The zero-order chi connectivity index (χ0) is 15.8. The van der Waals surface area contributed by atoms with Gasteiger partial charge in [0.1, 0.15) is 11.3 Å². The quantitative estimate of drug-likeness (QED) is 0.543. The maximum Gasteiger partial charge on any atom is 0.310 e. The van der Waals surface area contributed by atoms with E-state index in [9.17, 15) is 4.79 Å². The highest BCUT2D eigenvalue weighted by molar-refractivity contribution is 5.80. The van der Waals surface area contributed by atoms with Gasteiger partial charge in [0.05, 0.1) is 0 Å². The minimum absolute atomic E-state index is 0.266. The van der Waals surface area contributed by atoms with E-state index in [1.54, 1.807) is 19.1 Å². The fourth-order valence-corrected chi connectivity index (χ4v) is 2.81. The molecule has 5 nitrogen and oxygen atoms in total. The molecule has 0 unspecified atom stereocenters. The smallest absolute Gasteiger partial charge is 0.310 e. The molecule has 23 heavy (non-hydrogen) atoms. The summed E-state index contributed by atoms with van der Waals surface area (Å²) in [7, 11) is 0. The number of oxazole rings is 1. The number of anilines is 2. The number of ether oxygens (including phenoxy) is 1. The van der Waals surface area contributed by atoms with Gasteiger partial charge in [-0.2, -0.15) is 4.98 Å². The summed E-state index contributed by atoms with van der Waals surface area (Å²) in [6.07, 6.45) is 1.32. The molecule has 1 aromatic heterocycles. The molecule has 1 aliphatic rings. The van der Waals surface area contributed by atoms with Gasteiger partial charge in [0.25, 0.3) is 0 Å². The van der Waals surface area contributed by atoms with Crippen LogP contribution in [-0.2, 0) is 11.2 Å². The molecule has 0 amide bonds. The number of benzene rings is 2. The Morgan fingerprint density at radius 2 is 2.17 bits per heavy atom. The van der Waals surface area contributed by atoms with E-state index in [1.165, 1.54) is 5.56 Å². The number of para-hydroxylation sites is 1. The van der Waals surface area contributed by atoms with Crippen molar-refractivity contribution in [3.05, 3.63) is 48.0 Å². The summed E-state index contributed by atoms with van der Waals surface area (Å²) < 4.78 is 11.1. The Labute approximate surface area is 133 Å². The number of fused-ring (bicyclic) bond motifs is 2. The number of esters is 1. The molecule has 0 radical (unpaired) electrons. The Hall–Kier alpha value is -2.82. The Morgan fingerprint density at radius 1 is 1.30 bits per heavy atom. The third-order valence-electron chi connectivity index (χ3n) is 3.99. The fourth-order valence-electron chi connectivity index (χ4n) is 2.81. The van der Waals surface area contributed by atoms with Gasteiger partial charge in [-0.05, 0) is 30.2 Å². The number of carbonyl (C=O) groups excluding carboxylic acids is 1. The van der Waals surface area contributed by atoms with Gasteiger partial charge in [-0.25, -0.2) is 0 Å². The first-order valence-corrected chi connectivity index (χ1v) is 7.71. The molecule has 0 aliphatic carbocycles. The summed E-state index contributed by atoms with van der Waals surface area (Å²) in [6.45, 7) is 2.61. The van der Waals surface area contributed by atoms with Crippen LogP contribution in [0, 0.1) is 0 Å². The number of carbonyl (C=O) groups is 1. The van der Waals surface area contributed by atoms with Gasteiger partial charge in [-0.15, -0.1) is 0 Å². The Bertz CT molecular complexity index is 885. The van der Waals surface area contributed by atoms with Crippen LogP contribution in [0.3, 0.4) is 0 Å². The predicted octanol–water partition coefficient (Wildman–Crippen LogP) is 3.84. The van der Waals surface area contributed by atoms with E-state index in [2.05, 4.69) is 22.0 Å². The van der Waals surface area contributed by atoms with Crippen molar-refractivity contribution in [2.24, 2.45) is 0 Å². The van der Waals surface area contributed by atoms with Crippen molar-refractivity contribution in [3.8, 4) is 5.75 Å². The van der Waals surface area contributed by atoms with Crippen molar-refractivity contribution in [2.45, 2.75) is 19.8 Å². The van der Waals surface area contributed by atoms with Crippen molar-refractivity contribution in [3.63, 3.8) is 0 Å². The topological polar surface area (TPSA) is 55.6 Å². The molecule has 3 aromatic rings. The summed E-state index contributed by atoms with van der Waals surface area (Å²) in [5.74, 6) is 0.214. The van der Waals surface area contributed by atoms with Gasteiger partial charge in [0.2, 0.25) is 0 Å². The van der Waals surface area contributed by atoms with E-state index in [-0.39, 0.29) is 5.97 Å². The SMILES string of the molecule is CCC(=O)Oc1ccc2nc(N3CCc4ccccc43)oc2c1. The lowest BCUT2D eigenvalue weighted by atomic mass is 10.2. The summed E-state index contributed by atoms with van der Waals surface area (Å²) in [6, 6.07) is 14.1. The molecule has 4 rings (SSSR count). The van der Waals surface area contributed by atoms with E-state index in [0.29, 0.717) is 23.8 Å². The third-order valence-corrected chi connectivity index (χ3v) is 3.99. The van der Waals surface area contributed by atoms with Crippen LogP contribution in [-0.4, -0.2) is 17.5 Å². The lowest BCUT2D eigenvalue weighted by Gasteiger charge is -2.13. The van der Waals surface area contributed by atoms with Crippen LogP contribution in [0.4, 0.5) is 11.7 Å². The second-order valence-electron chi connectivity index (χ2n) is 5.48. The van der Waals surface area contributed by atoms with Crippen LogP contribution >= 0.6 is 0 Å². The van der Waals surface area contributed by atoms with Crippen LogP contribution in [0.25, 0.3) is 11.1 Å². The first kappa shape index (κ1) is 13.8. The molecule has 0 saturated heterocycles. The van der Waals surface area contributed by atoms with Crippen LogP contribution in [0.15, 0.2) is 46.9 Å². The third kappa shape index (κ3) is 2.44. The van der Waals surface area contributed by atoms with Gasteiger partial charge >= 0.3 is 12.0 Å². The van der Waals surface area contributed by atoms with Gasteiger partial charge in [0, 0.05) is 24.7 Å². The Kier molecular flexibility index (Phi) is 3.26. The minimum Gasteiger partial charge on any atom is -0.426 e. The normalized spacial score (nSPS) is 13.3. The zero-order valence-electron chi connectivity index (χ0n) is 12.8. The van der Waals surface area contributed by atoms with Crippen LogP contribution in [0.5, 0.6) is 5.75 Å². The predicted molar refractivity (Wildman–Crippen MR) is 87.1 cm³/mol. The maximum absolute atomic E-state index is 11.4. The van der Waals surface area contributed by atoms with E-state index < -0.39 is 0 Å². The van der Waals surface area contributed by atoms with Crippen LogP contribution in [0.1, 0.15) is 18.9 Å². The molecule has 1 aliphatic heterocycles. The molecule has 0 bridgehead atoms. The number of nitrogens with zero attached hydrogens (tertiary/aromatic N) is 2. The lowest BCUT2D eigenvalue weighted by Crippen LogP contribution is -2.13. The second-order valence-corrected chi connectivity index (χ2v) is 5.48. The molecule has 0 fully saturated rings. The highest BCUT2D eigenvalue weighted by Crippen LogP contribution is 2.35. The average molecular weight is 308 g/mol. The summed E-state index contributed by atoms with van der Waals surface area (Å²) in [4.78, 5) is 18.0. The molecule has 5 heteroatoms. The maximum atomic E-state index is 11.4. The summed E-state index contributed by atoms with van der Waals surface area (Å²) >= 11 is 0. The first-order valence-electron chi connectivity index (χ1n) is 7.71. The Morgan fingerprint density at radius 3 is 3.04 bits per heavy atom. The monoisotopic (exact) mass is 308 g/mol. The van der Waals surface area contributed by atoms with Crippen molar-refractivity contribution in [1.82, 2.24) is 4.98 Å². The van der Waals surface area contributed by atoms with Crippen molar-refractivity contribution in [1.29, 1.82) is 0 Å². The van der Waals surface area contributed by atoms with Crippen molar-refractivity contribution < 1.29 is 13.9 Å². The summed E-state index contributed by atoms with van der Waals surface area (Å²) in [5, 5.41) is 0. The number of hydrogen-bond acceptors (Lipinski definition) is 5. The fraction of sp³-hybridized carbons (Fsp3) is 0.222. The minimum atomic E-state index is -0.266. The molecule has 116 valence electrons. The molecule has 2 heterocycles. The number of rotatable bonds is 3. The largest absolute Gasteiger partial charge is 0.426 e. The first-order chi connectivity index (χ1) is 11.2. The highest BCUT2D eigenvalue weighted by Gasteiger charge is 2.24. The molecular formula is C18H16N2O3. The molecule has 0 atom stereocenters. The van der Waals surface area contributed by atoms with Gasteiger partial charge in [-0.1, -0.05) is 25.1 Å². The molecule has 0 saturated carbocycles. The summed E-state index contributed by atoms with van der Waals surface area (Å²) in [5.41, 5.74) is 3.80. The number of aromatic nitrogens is 1. The van der Waals surface area contributed by atoms with Crippen LogP contribution < -0.4 is 9.64 Å². The molecule has 2 aromatic carbocycles. The zero-order valence-corrected chi connectivity index (χ0v) is 12.8. The lowest BCUT2D eigenvalue weighted by molar-refractivity contribution is -0.134. The number of hydrogen-bond donors (Lipinski definition) is 0. The van der Waals surface area contributed by atoms with Gasteiger partial charge in [0.15, 0.2) is 5.58 Å². The van der Waals surface area contributed by atoms with E-state index in [4.69, 9.17) is 9.15 Å². The van der Waals surface area contributed by atoms with E-state index >= 15 is 0 Å². The standard InChI is InChI=1S/C18H16N2O3/c1-2-17(21)22-13-7-8-14-16(11-13)23-18(19-14)20-10-9-12-5-3-4-6-15(12)20/h3-8,11H,2,9-10H2,1H3. The average Bonchev–Trinajstić information content (AvgIpc) is 3.17.